The number of anilines is 3. The predicted molar refractivity (Wildman–Crippen MR) is 234 cm³/mol. The van der Waals surface area contributed by atoms with E-state index in [1.807, 2.05) is 6.07 Å². The lowest BCUT2D eigenvalue weighted by atomic mass is 9.82. The quantitative estimate of drug-likeness (QED) is 0.164. The lowest BCUT2D eigenvalue weighted by Crippen LogP contribution is -2.14. The smallest absolute Gasteiger partial charge is 0.160 e. The molecule has 0 fully saturated rings. The van der Waals surface area contributed by atoms with Gasteiger partial charge in [-0.1, -0.05) is 172 Å². The number of fused-ring (bicyclic) bond motifs is 4. The van der Waals surface area contributed by atoms with Crippen molar-refractivity contribution in [3.8, 4) is 56.2 Å². The molecule has 0 N–H and O–H groups in total. The monoisotopic (exact) mass is 717 g/mol. The van der Waals surface area contributed by atoms with Crippen LogP contribution >= 0.6 is 0 Å². The third-order valence-electron chi connectivity index (χ3n) is 11.3. The van der Waals surface area contributed by atoms with Gasteiger partial charge in [0, 0.05) is 38.9 Å². The average molecular weight is 718 g/mol. The van der Waals surface area contributed by atoms with Gasteiger partial charge in [-0.2, -0.15) is 0 Å². The fourth-order valence-corrected chi connectivity index (χ4v) is 8.37. The van der Waals surface area contributed by atoms with Crippen LogP contribution in [-0.2, 0) is 5.41 Å². The van der Waals surface area contributed by atoms with Crippen molar-refractivity contribution in [2.24, 2.45) is 0 Å². The molecule has 0 bridgehead atoms. The molecule has 266 valence electrons. The lowest BCUT2D eigenvalue weighted by molar-refractivity contribution is 0.660. The van der Waals surface area contributed by atoms with Crippen molar-refractivity contribution >= 4 is 27.8 Å². The van der Waals surface area contributed by atoms with Crippen LogP contribution in [0.2, 0.25) is 0 Å². The minimum Gasteiger partial charge on any atom is -0.310 e. The topological polar surface area (TPSA) is 29.0 Å². The molecule has 0 amide bonds. The molecule has 0 aliphatic heterocycles. The number of nitrogens with zero attached hydrogens (tertiary/aromatic N) is 3. The van der Waals surface area contributed by atoms with Crippen LogP contribution < -0.4 is 4.90 Å². The Hall–Kier alpha value is -7.10. The molecule has 10 rings (SSSR count). The molecule has 1 aliphatic rings. The molecule has 0 saturated carbocycles. The van der Waals surface area contributed by atoms with Crippen LogP contribution in [0.3, 0.4) is 0 Å². The summed E-state index contributed by atoms with van der Waals surface area (Å²) < 4.78 is 0. The standard InChI is InChI=1S/C53H39N3/c1-53(2)47-22-12-11-21-45(47)46-33-30-41(34-48(46)53)50-35-49(39-15-5-3-6-16-39)54-52(55-50)40-26-24-36(25-27-40)37-28-31-43(32-29-37)56(42-18-7-4-8-19-42)51-23-13-17-38-14-9-10-20-44(38)51/h3-35H,1-2H3. The van der Waals surface area contributed by atoms with E-state index in [9.17, 15) is 0 Å². The minimum absolute atomic E-state index is 0.0934. The molecule has 3 nitrogen and oxygen atoms in total. The van der Waals surface area contributed by atoms with Gasteiger partial charge in [0.15, 0.2) is 5.82 Å². The van der Waals surface area contributed by atoms with Gasteiger partial charge in [0.1, 0.15) is 0 Å². The Bertz CT molecular complexity index is 2850. The largest absolute Gasteiger partial charge is 0.310 e. The van der Waals surface area contributed by atoms with Crippen molar-refractivity contribution in [1.29, 1.82) is 0 Å². The number of aromatic nitrogens is 2. The van der Waals surface area contributed by atoms with Crippen LogP contribution in [0.5, 0.6) is 0 Å². The van der Waals surface area contributed by atoms with Crippen molar-refractivity contribution in [3.05, 3.63) is 211 Å². The second kappa shape index (κ2) is 13.6. The highest BCUT2D eigenvalue weighted by molar-refractivity contribution is 5.99. The highest BCUT2D eigenvalue weighted by atomic mass is 15.1. The van der Waals surface area contributed by atoms with Crippen LogP contribution in [-0.4, -0.2) is 9.97 Å². The lowest BCUT2D eigenvalue weighted by Gasteiger charge is -2.27. The van der Waals surface area contributed by atoms with E-state index in [0.717, 1.165) is 56.3 Å². The number of hydrogen-bond acceptors (Lipinski definition) is 3. The normalized spacial score (nSPS) is 12.6. The zero-order valence-corrected chi connectivity index (χ0v) is 31.4. The molecular formula is C53H39N3. The van der Waals surface area contributed by atoms with Crippen LogP contribution in [0.25, 0.3) is 66.9 Å². The first-order valence-corrected chi connectivity index (χ1v) is 19.2. The molecule has 0 radical (unpaired) electrons. The van der Waals surface area contributed by atoms with Crippen molar-refractivity contribution in [2.45, 2.75) is 19.3 Å². The Morgan fingerprint density at radius 2 is 0.946 bits per heavy atom. The Labute approximate surface area is 328 Å². The summed E-state index contributed by atoms with van der Waals surface area (Å²) in [5.74, 6) is 0.708. The Kier molecular flexibility index (Phi) is 8.15. The highest BCUT2D eigenvalue weighted by Crippen LogP contribution is 2.49. The summed E-state index contributed by atoms with van der Waals surface area (Å²) in [4.78, 5) is 12.7. The van der Waals surface area contributed by atoms with E-state index in [1.165, 1.54) is 33.0 Å². The molecule has 0 unspecified atom stereocenters. The number of rotatable bonds is 7. The molecule has 1 heterocycles. The molecule has 0 spiro atoms. The zero-order chi connectivity index (χ0) is 37.6. The van der Waals surface area contributed by atoms with E-state index in [-0.39, 0.29) is 5.41 Å². The van der Waals surface area contributed by atoms with Crippen molar-refractivity contribution in [2.75, 3.05) is 4.90 Å². The SMILES string of the molecule is CC1(C)c2ccccc2-c2ccc(-c3cc(-c4ccccc4)nc(-c4ccc(-c5ccc(N(c6ccccc6)c6cccc7ccccc67)cc5)cc4)n3)cc21. The molecular weight excluding hydrogens is 679 g/mol. The Morgan fingerprint density at radius 3 is 1.71 bits per heavy atom. The molecule has 0 saturated heterocycles. The van der Waals surface area contributed by atoms with E-state index < -0.39 is 0 Å². The van der Waals surface area contributed by atoms with Crippen LogP contribution in [0.1, 0.15) is 25.0 Å². The van der Waals surface area contributed by atoms with Crippen LogP contribution in [0.4, 0.5) is 17.1 Å². The third kappa shape index (κ3) is 5.86. The first-order valence-electron chi connectivity index (χ1n) is 19.2. The summed E-state index contributed by atoms with van der Waals surface area (Å²) in [5.41, 5.74) is 15.8. The van der Waals surface area contributed by atoms with Crippen LogP contribution in [0.15, 0.2) is 200 Å². The molecule has 3 heteroatoms. The van der Waals surface area contributed by atoms with Gasteiger partial charge in [-0.3, -0.25) is 0 Å². The maximum absolute atomic E-state index is 5.22. The average Bonchev–Trinajstić information content (AvgIpc) is 3.50. The summed E-state index contributed by atoms with van der Waals surface area (Å²) in [6, 6.07) is 71.3. The molecule has 8 aromatic carbocycles. The fraction of sp³-hybridized carbons (Fsp3) is 0.0566. The van der Waals surface area contributed by atoms with E-state index in [1.54, 1.807) is 0 Å². The molecule has 1 aromatic heterocycles. The first kappa shape index (κ1) is 33.5. The predicted octanol–water partition coefficient (Wildman–Crippen LogP) is 14.1. The summed E-state index contributed by atoms with van der Waals surface area (Å²) >= 11 is 0. The Balaban J connectivity index is 0.998. The van der Waals surface area contributed by atoms with E-state index in [4.69, 9.17) is 9.97 Å². The molecule has 1 aliphatic carbocycles. The second-order valence-electron chi connectivity index (χ2n) is 15.1. The Morgan fingerprint density at radius 1 is 0.393 bits per heavy atom. The van der Waals surface area contributed by atoms with Gasteiger partial charge < -0.3 is 4.90 Å². The van der Waals surface area contributed by atoms with E-state index in [0.29, 0.717) is 5.82 Å². The second-order valence-corrected chi connectivity index (χ2v) is 15.1. The maximum Gasteiger partial charge on any atom is 0.160 e. The molecule has 56 heavy (non-hydrogen) atoms. The minimum atomic E-state index is -0.0934. The number of hydrogen-bond donors (Lipinski definition) is 0. The summed E-state index contributed by atoms with van der Waals surface area (Å²) in [5, 5.41) is 2.43. The summed E-state index contributed by atoms with van der Waals surface area (Å²) in [7, 11) is 0. The first-order chi connectivity index (χ1) is 27.5. The summed E-state index contributed by atoms with van der Waals surface area (Å²) in [6.07, 6.45) is 0. The molecule has 0 atom stereocenters. The van der Waals surface area contributed by atoms with E-state index >= 15 is 0 Å². The van der Waals surface area contributed by atoms with E-state index in [2.05, 4.69) is 213 Å². The third-order valence-corrected chi connectivity index (χ3v) is 11.3. The summed E-state index contributed by atoms with van der Waals surface area (Å²) in [6.45, 7) is 4.64. The van der Waals surface area contributed by atoms with Gasteiger partial charge in [0.2, 0.25) is 0 Å². The maximum atomic E-state index is 5.22. The van der Waals surface area contributed by atoms with Gasteiger partial charge in [0.25, 0.3) is 0 Å². The van der Waals surface area contributed by atoms with Gasteiger partial charge in [0.05, 0.1) is 17.1 Å². The highest BCUT2D eigenvalue weighted by Gasteiger charge is 2.35. The van der Waals surface area contributed by atoms with Gasteiger partial charge >= 0.3 is 0 Å². The van der Waals surface area contributed by atoms with Crippen molar-refractivity contribution in [1.82, 2.24) is 9.97 Å². The van der Waals surface area contributed by atoms with Gasteiger partial charge in [-0.15, -0.1) is 0 Å². The van der Waals surface area contributed by atoms with Crippen LogP contribution in [0, 0.1) is 0 Å². The van der Waals surface area contributed by atoms with Gasteiger partial charge in [-0.05, 0) is 81.2 Å². The zero-order valence-electron chi connectivity index (χ0n) is 31.4. The molecule has 9 aromatic rings. The van der Waals surface area contributed by atoms with Gasteiger partial charge in [-0.25, -0.2) is 9.97 Å². The van der Waals surface area contributed by atoms with Crippen molar-refractivity contribution < 1.29 is 0 Å². The number of benzene rings is 8. The number of para-hydroxylation sites is 1. The fourth-order valence-electron chi connectivity index (χ4n) is 8.37. The van der Waals surface area contributed by atoms with Crippen molar-refractivity contribution in [3.63, 3.8) is 0 Å².